The minimum absolute atomic E-state index is 0.699. The van der Waals surface area contributed by atoms with Crippen molar-refractivity contribution in [2.45, 2.75) is 23.1 Å². The molecule has 1 aliphatic rings. The molecule has 3 rings (SSSR count). The summed E-state index contributed by atoms with van der Waals surface area (Å²) in [5.74, 6) is 1.83. The first-order valence-electron chi connectivity index (χ1n) is 5.40. The van der Waals surface area contributed by atoms with Crippen LogP contribution in [-0.2, 0) is 6.42 Å². The normalized spacial score (nSPS) is 18.6. The Kier molecular flexibility index (Phi) is 2.93. The molecule has 0 fully saturated rings. The minimum Gasteiger partial charge on any atom is -0.146 e. The molecule has 0 saturated carbocycles. The quantitative estimate of drug-likeness (QED) is 0.779. The predicted octanol–water partition coefficient (Wildman–Crippen LogP) is 3.36. The number of nitrogens with zero attached hydrogens (tertiary/aromatic N) is 2. The second kappa shape index (κ2) is 4.55. The van der Waals surface area contributed by atoms with Gasteiger partial charge in [-0.2, -0.15) is 0 Å². The number of fused-ring (bicyclic) bond motifs is 1. The molecule has 4 heteroatoms. The molecule has 0 aliphatic heterocycles. The summed E-state index contributed by atoms with van der Waals surface area (Å²) >= 11 is 3.46. The summed E-state index contributed by atoms with van der Waals surface area (Å²) in [5.41, 5.74) is 4.87. The van der Waals surface area contributed by atoms with Crippen molar-refractivity contribution in [1.82, 2.24) is 10.2 Å². The van der Waals surface area contributed by atoms with Gasteiger partial charge in [0.25, 0.3) is 0 Å². The standard InChI is InChI=1S/C12H12N2S2/c1-2-4-11-9(3-1)5-6-10(11)7-15-12-14-13-8-16-12/h1-4,8,10H,5-7H2/t10-/m0/s1. The van der Waals surface area contributed by atoms with Gasteiger partial charge in [-0.1, -0.05) is 47.4 Å². The average molecular weight is 248 g/mol. The van der Waals surface area contributed by atoms with Crippen LogP contribution in [0.25, 0.3) is 0 Å². The first kappa shape index (κ1) is 10.3. The van der Waals surface area contributed by atoms with Crippen molar-refractivity contribution in [3.8, 4) is 0 Å². The van der Waals surface area contributed by atoms with Crippen molar-refractivity contribution in [2.75, 3.05) is 5.75 Å². The number of rotatable bonds is 3. The third kappa shape index (κ3) is 1.99. The number of hydrogen-bond donors (Lipinski definition) is 0. The molecule has 2 nitrogen and oxygen atoms in total. The van der Waals surface area contributed by atoms with E-state index in [1.165, 1.54) is 18.4 Å². The zero-order valence-electron chi connectivity index (χ0n) is 8.80. The lowest BCUT2D eigenvalue weighted by Gasteiger charge is -2.09. The highest BCUT2D eigenvalue weighted by atomic mass is 32.2. The molecule has 0 amide bonds. The van der Waals surface area contributed by atoms with Gasteiger partial charge in [-0.3, -0.25) is 0 Å². The molecule has 1 atom stereocenters. The van der Waals surface area contributed by atoms with Crippen molar-refractivity contribution in [1.29, 1.82) is 0 Å². The van der Waals surface area contributed by atoms with E-state index in [0.29, 0.717) is 5.92 Å². The largest absolute Gasteiger partial charge is 0.174 e. The van der Waals surface area contributed by atoms with Crippen molar-refractivity contribution >= 4 is 23.1 Å². The Morgan fingerprint density at radius 2 is 2.31 bits per heavy atom. The number of hydrogen-bond acceptors (Lipinski definition) is 4. The van der Waals surface area contributed by atoms with E-state index in [1.54, 1.807) is 22.4 Å². The van der Waals surface area contributed by atoms with E-state index < -0.39 is 0 Å². The third-order valence-electron chi connectivity index (χ3n) is 3.01. The lowest BCUT2D eigenvalue weighted by atomic mass is 10.0. The summed E-state index contributed by atoms with van der Waals surface area (Å²) in [6.45, 7) is 0. The molecule has 1 aromatic carbocycles. The van der Waals surface area contributed by atoms with Gasteiger partial charge in [0.15, 0.2) is 4.34 Å². The molecule has 0 N–H and O–H groups in total. The SMILES string of the molecule is c1ccc2c(c1)CC[C@H]2CSc1nncs1. The molecular formula is C12H12N2S2. The fourth-order valence-electron chi connectivity index (χ4n) is 2.22. The Bertz CT molecular complexity index is 468. The first-order valence-corrected chi connectivity index (χ1v) is 7.27. The molecule has 16 heavy (non-hydrogen) atoms. The van der Waals surface area contributed by atoms with E-state index >= 15 is 0 Å². The summed E-state index contributed by atoms with van der Waals surface area (Å²) in [5, 5.41) is 7.92. The molecule has 0 saturated heterocycles. The van der Waals surface area contributed by atoms with Crippen LogP contribution in [-0.4, -0.2) is 16.0 Å². The maximum atomic E-state index is 4.06. The molecule has 2 aromatic rings. The monoisotopic (exact) mass is 248 g/mol. The Morgan fingerprint density at radius 1 is 1.38 bits per heavy atom. The smallest absolute Gasteiger partial charge is 0.146 e. The van der Waals surface area contributed by atoms with Crippen LogP contribution in [0, 0.1) is 0 Å². The van der Waals surface area contributed by atoms with Gasteiger partial charge in [0.05, 0.1) is 0 Å². The van der Waals surface area contributed by atoms with Gasteiger partial charge >= 0.3 is 0 Å². The number of benzene rings is 1. The predicted molar refractivity (Wildman–Crippen MR) is 68.1 cm³/mol. The molecule has 1 aromatic heterocycles. The Balaban J connectivity index is 1.69. The second-order valence-electron chi connectivity index (χ2n) is 3.95. The molecule has 0 unspecified atom stereocenters. The van der Waals surface area contributed by atoms with Crippen molar-refractivity contribution in [3.05, 3.63) is 40.9 Å². The van der Waals surface area contributed by atoms with Gasteiger partial charge in [-0.05, 0) is 29.9 Å². The fourth-order valence-corrected chi connectivity index (χ4v) is 3.90. The van der Waals surface area contributed by atoms with Gasteiger partial charge in [-0.25, -0.2) is 0 Å². The molecule has 1 heterocycles. The lowest BCUT2D eigenvalue weighted by molar-refractivity contribution is 0.757. The second-order valence-corrected chi connectivity index (χ2v) is 6.05. The molecule has 0 bridgehead atoms. The summed E-state index contributed by atoms with van der Waals surface area (Å²) in [4.78, 5) is 0. The maximum Gasteiger partial charge on any atom is 0.174 e. The van der Waals surface area contributed by atoms with Crippen LogP contribution in [0.3, 0.4) is 0 Å². The number of aryl methyl sites for hydroxylation is 1. The highest BCUT2D eigenvalue weighted by Gasteiger charge is 2.22. The first-order chi connectivity index (χ1) is 7.93. The molecule has 82 valence electrons. The van der Waals surface area contributed by atoms with Crippen LogP contribution in [0.15, 0.2) is 34.1 Å². The van der Waals surface area contributed by atoms with E-state index in [-0.39, 0.29) is 0 Å². The number of thioether (sulfide) groups is 1. The van der Waals surface area contributed by atoms with Crippen LogP contribution < -0.4 is 0 Å². The fraction of sp³-hybridized carbons (Fsp3) is 0.333. The zero-order chi connectivity index (χ0) is 10.8. The topological polar surface area (TPSA) is 25.8 Å². The van der Waals surface area contributed by atoms with Crippen molar-refractivity contribution in [3.63, 3.8) is 0 Å². The van der Waals surface area contributed by atoms with Gasteiger partial charge in [0, 0.05) is 5.75 Å². The van der Waals surface area contributed by atoms with Crippen LogP contribution in [0.2, 0.25) is 0 Å². The molecule has 0 radical (unpaired) electrons. The van der Waals surface area contributed by atoms with Gasteiger partial charge in [0.1, 0.15) is 5.51 Å². The minimum atomic E-state index is 0.699. The summed E-state index contributed by atoms with van der Waals surface area (Å²) in [6.07, 6.45) is 2.52. The van der Waals surface area contributed by atoms with Crippen LogP contribution in [0.4, 0.5) is 0 Å². The average Bonchev–Trinajstić information content (AvgIpc) is 2.96. The van der Waals surface area contributed by atoms with E-state index in [2.05, 4.69) is 34.5 Å². The van der Waals surface area contributed by atoms with Crippen LogP contribution in [0.1, 0.15) is 23.5 Å². The molecule has 0 spiro atoms. The highest BCUT2D eigenvalue weighted by Crippen LogP contribution is 2.36. The lowest BCUT2D eigenvalue weighted by Crippen LogP contribution is -1.96. The molecule has 1 aliphatic carbocycles. The van der Waals surface area contributed by atoms with Crippen LogP contribution in [0.5, 0.6) is 0 Å². The van der Waals surface area contributed by atoms with Gasteiger partial charge in [0.2, 0.25) is 0 Å². The van der Waals surface area contributed by atoms with E-state index in [9.17, 15) is 0 Å². The summed E-state index contributed by atoms with van der Waals surface area (Å²) in [7, 11) is 0. The number of aromatic nitrogens is 2. The highest BCUT2D eigenvalue weighted by molar-refractivity contribution is 8.01. The third-order valence-corrected chi connectivity index (χ3v) is 5.03. The maximum absolute atomic E-state index is 4.06. The van der Waals surface area contributed by atoms with Gasteiger partial charge in [-0.15, -0.1) is 10.2 Å². The van der Waals surface area contributed by atoms with Crippen molar-refractivity contribution in [2.24, 2.45) is 0 Å². The Hall–Kier alpha value is -0.870. The Morgan fingerprint density at radius 3 is 3.19 bits per heavy atom. The van der Waals surface area contributed by atoms with Crippen LogP contribution >= 0.6 is 23.1 Å². The Labute approximate surface area is 103 Å². The van der Waals surface area contributed by atoms with Crippen molar-refractivity contribution < 1.29 is 0 Å². The van der Waals surface area contributed by atoms with E-state index in [1.807, 2.05) is 11.8 Å². The summed E-state index contributed by atoms with van der Waals surface area (Å²) in [6, 6.07) is 8.81. The zero-order valence-corrected chi connectivity index (χ0v) is 10.4. The molecular weight excluding hydrogens is 236 g/mol. The van der Waals surface area contributed by atoms with E-state index in [4.69, 9.17) is 0 Å². The van der Waals surface area contributed by atoms with E-state index in [0.717, 1.165) is 10.1 Å². The van der Waals surface area contributed by atoms with Gasteiger partial charge < -0.3 is 0 Å². The summed E-state index contributed by atoms with van der Waals surface area (Å²) < 4.78 is 1.09.